The van der Waals surface area contributed by atoms with Gasteiger partial charge in [-0.05, 0) is 0 Å². The van der Waals surface area contributed by atoms with E-state index in [0.717, 1.165) is 15.2 Å². The Kier molecular flexibility index (Phi) is 3.31. The Morgan fingerprint density at radius 2 is 1.24 bits per heavy atom. The van der Waals surface area contributed by atoms with Gasteiger partial charge < -0.3 is 0 Å². The lowest BCUT2D eigenvalue weighted by atomic mass is 10.3. The molecule has 0 saturated carbocycles. The average molecular weight is 316 g/mol. The van der Waals surface area contributed by atoms with Crippen molar-refractivity contribution in [3.63, 3.8) is 0 Å². The van der Waals surface area contributed by atoms with Crippen LogP contribution in [0.15, 0.2) is 39.9 Å². The predicted octanol–water partition coefficient (Wildman–Crippen LogP) is 0.909. The lowest BCUT2D eigenvalue weighted by molar-refractivity contribution is 1.16. The first kappa shape index (κ1) is 12.8. The first-order chi connectivity index (χ1) is 10.4. The smallest absolute Gasteiger partial charge is 0.163 e. The fourth-order valence-electron chi connectivity index (χ4n) is 1.96. The summed E-state index contributed by atoms with van der Waals surface area (Å²) in [6, 6.07) is -0.283. The number of thioether (sulfide) groups is 2. The summed E-state index contributed by atoms with van der Waals surface area (Å²) < 4.78 is 0. The highest BCUT2D eigenvalue weighted by atomic mass is 32.2. The largest absolute Gasteiger partial charge is 0.255 e. The molecule has 0 saturated heterocycles. The highest BCUT2D eigenvalue weighted by Gasteiger charge is 2.29. The second-order valence-corrected chi connectivity index (χ2v) is 6.50. The molecule has 2 unspecified atom stereocenters. The van der Waals surface area contributed by atoms with E-state index in [9.17, 15) is 0 Å². The number of amidine groups is 2. The maximum atomic E-state index is 4.28. The Morgan fingerprint density at radius 1 is 0.714 bits per heavy atom. The molecule has 4 aliphatic heterocycles. The molecule has 10 heteroatoms. The van der Waals surface area contributed by atoms with Crippen molar-refractivity contribution in [1.29, 1.82) is 0 Å². The molecule has 0 aromatic carbocycles. The summed E-state index contributed by atoms with van der Waals surface area (Å²) >= 11 is 3.22. The summed E-state index contributed by atoms with van der Waals surface area (Å²) in [5, 5.41) is 2.57. The monoisotopic (exact) mass is 316 g/mol. The SMILES string of the molecule is C1=NC2=NC=NC2C(SCSC2=NC=NC3=NC=NC32)=N1. The summed E-state index contributed by atoms with van der Waals surface area (Å²) in [7, 11) is 0. The number of rotatable bonds is 2. The van der Waals surface area contributed by atoms with Crippen molar-refractivity contribution in [1.82, 2.24) is 0 Å². The van der Waals surface area contributed by atoms with Gasteiger partial charge in [-0.25, -0.2) is 30.0 Å². The van der Waals surface area contributed by atoms with E-state index in [1.165, 1.54) is 25.4 Å². The van der Waals surface area contributed by atoms with Gasteiger partial charge in [-0.15, -0.1) is 0 Å². The number of hydrogen-bond donors (Lipinski definition) is 0. The molecular weight excluding hydrogens is 308 g/mol. The predicted molar refractivity (Wildman–Crippen MR) is 91.3 cm³/mol. The van der Waals surface area contributed by atoms with Crippen LogP contribution in [0.3, 0.4) is 0 Å². The second kappa shape index (κ2) is 5.45. The summed E-state index contributed by atoms with van der Waals surface area (Å²) in [5.41, 5.74) is 0. The lowest BCUT2D eigenvalue weighted by Gasteiger charge is -2.15. The van der Waals surface area contributed by atoms with Crippen LogP contribution in [-0.4, -0.2) is 64.3 Å². The molecule has 4 rings (SSSR count). The molecule has 4 aliphatic rings. The molecule has 0 bridgehead atoms. The minimum absolute atomic E-state index is 0.142. The van der Waals surface area contributed by atoms with Crippen LogP contribution in [0.25, 0.3) is 0 Å². The van der Waals surface area contributed by atoms with Crippen LogP contribution < -0.4 is 0 Å². The van der Waals surface area contributed by atoms with E-state index in [1.807, 2.05) is 0 Å². The zero-order valence-corrected chi connectivity index (χ0v) is 12.2. The molecule has 0 amide bonds. The maximum Gasteiger partial charge on any atom is 0.163 e. The first-order valence-electron chi connectivity index (χ1n) is 6.06. The van der Waals surface area contributed by atoms with Gasteiger partial charge >= 0.3 is 0 Å². The third-order valence-electron chi connectivity index (χ3n) is 2.93. The van der Waals surface area contributed by atoms with E-state index in [0.29, 0.717) is 11.7 Å². The molecule has 0 aromatic heterocycles. The van der Waals surface area contributed by atoms with Gasteiger partial charge in [0.05, 0.1) is 5.08 Å². The molecular formula is C11H8N8S2. The number of nitrogens with zero attached hydrogens (tertiary/aromatic N) is 8. The van der Waals surface area contributed by atoms with Crippen LogP contribution >= 0.6 is 23.5 Å². The molecule has 0 aliphatic carbocycles. The Balaban J connectivity index is 1.38. The summed E-state index contributed by atoms with van der Waals surface area (Å²) in [6.07, 6.45) is 6.11. The standard InChI is InChI=1S/C11H8N8S2/c1-12-6-8(14-1)16-3-18-10(6)20-5-21-11-7-9(15-2-13-7)17-4-19-11/h1-4,6-7H,5H2. The Bertz CT molecular complexity index is 652. The van der Waals surface area contributed by atoms with E-state index in [4.69, 9.17) is 0 Å². The second-order valence-electron chi connectivity index (χ2n) is 4.14. The minimum Gasteiger partial charge on any atom is -0.255 e. The Morgan fingerprint density at radius 3 is 1.76 bits per heavy atom. The lowest BCUT2D eigenvalue weighted by Crippen LogP contribution is -2.27. The summed E-state index contributed by atoms with van der Waals surface area (Å²) in [6.45, 7) is 0. The molecule has 0 N–H and O–H groups in total. The number of hydrogen-bond acceptors (Lipinski definition) is 10. The third-order valence-corrected chi connectivity index (χ3v) is 5.12. The fraction of sp³-hybridized carbons (Fsp3) is 0.273. The van der Waals surface area contributed by atoms with Gasteiger partial charge in [-0.1, -0.05) is 23.5 Å². The molecule has 4 heterocycles. The van der Waals surface area contributed by atoms with E-state index in [1.54, 1.807) is 23.5 Å². The Hall–Kier alpha value is -1.94. The summed E-state index contributed by atoms with van der Waals surface area (Å²) in [5.74, 6) is 1.41. The van der Waals surface area contributed by atoms with Crippen molar-refractivity contribution < 1.29 is 0 Å². The maximum absolute atomic E-state index is 4.28. The minimum atomic E-state index is -0.142. The van der Waals surface area contributed by atoms with Crippen molar-refractivity contribution in [2.75, 3.05) is 5.08 Å². The van der Waals surface area contributed by atoms with Crippen molar-refractivity contribution in [3.05, 3.63) is 0 Å². The van der Waals surface area contributed by atoms with E-state index in [2.05, 4.69) is 39.9 Å². The third kappa shape index (κ3) is 2.40. The van der Waals surface area contributed by atoms with Crippen LogP contribution in [0, 0.1) is 0 Å². The van der Waals surface area contributed by atoms with Crippen LogP contribution in [0.1, 0.15) is 0 Å². The molecule has 2 atom stereocenters. The molecule has 0 aromatic rings. The van der Waals surface area contributed by atoms with Crippen LogP contribution in [0.4, 0.5) is 0 Å². The van der Waals surface area contributed by atoms with Gasteiger partial charge in [-0.3, -0.25) is 9.98 Å². The molecule has 104 valence electrons. The van der Waals surface area contributed by atoms with Crippen LogP contribution in [0.2, 0.25) is 0 Å². The normalized spacial score (nSPS) is 28.0. The zero-order valence-electron chi connectivity index (χ0n) is 10.6. The first-order valence-corrected chi connectivity index (χ1v) is 8.04. The highest BCUT2D eigenvalue weighted by Crippen LogP contribution is 2.25. The van der Waals surface area contributed by atoms with E-state index < -0.39 is 0 Å². The van der Waals surface area contributed by atoms with Gasteiger partial charge in [-0.2, -0.15) is 0 Å². The van der Waals surface area contributed by atoms with Crippen molar-refractivity contribution in [2.24, 2.45) is 39.9 Å². The van der Waals surface area contributed by atoms with Crippen molar-refractivity contribution in [2.45, 2.75) is 12.1 Å². The quantitative estimate of drug-likeness (QED) is 0.707. The zero-order chi connectivity index (χ0) is 14.1. The number of fused-ring (bicyclic) bond motifs is 2. The highest BCUT2D eigenvalue weighted by molar-refractivity contribution is 8.29. The van der Waals surface area contributed by atoms with Crippen molar-refractivity contribution in [3.8, 4) is 0 Å². The van der Waals surface area contributed by atoms with Crippen molar-refractivity contribution >= 4 is 70.6 Å². The van der Waals surface area contributed by atoms with Gasteiger partial charge in [0.2, 0.25) is 0 Å². The van der Waals surface area contributed by atoms with Gasteiger partial charge in [0.15, 0.2) is 23.8 Å². The molecule has 0 fully saturated rings. The van der Waals surface area contributed by atoms with E-state index >= 15 is 0 Å². The molecule has 0 spiro atoms. The molecule has 0 radical (unpaired) electrons. The molecule has 8 nitrogen and oxygen atoms in total. The number of aliphatic imine (C=N–C) groups is 8. The van der Waals surface area contributed by atoms with Gasteiger partial charge in [0, 0.05) is 0 Å². The molecule has 21 heavy (non-hydrogen) atoms. The topological polar surface area (TPSA) is 98.9 Å². The summed E-state index contributed by atoms with van der Waals surface area (Å²) in [4.78, 5) is 33.5. The van der Waals surface area contributed by atoms with E-state index in [-0.39, 0.29) is 12.1 Å². The fourth-order valence-corrected chi connectivity index (χ4v) is 4.06. The average Bonchev–Trinajstić information content (AvgIpc) is 3.16. The van der Waals surface area contributed by atoms with Gasteiger partial charge in [0.25, 0.3) is 0 Å². The van der Waals surface area contributed by atoms with Crippen LogP contribution in [0.5, 0.6) is 0 Å². The van der Waals surface area contributed by atoms with Gasteiger partial charge in [0.1, 0.15) is 35.4 Å². The van der Waals surface area contributed by atoms with Crippen LogP contribution in [-0.2, 0) is 0 Å². The Labute approximate surface area is 128 Å².